The van der Waals surface area contributed by atoms with Gasteiger partial charge in [0.25, 0.3) is 0 Å². The van der Waals surface area contributed by atoms with Crippen LogP contribution < -0.4 is 0 Å². The second-order valence-corrected chi connectivity index (χ2v) is 7.06. The van der Waals surface area contributed by atoms with Gasteiger partial charge in [-0.2, -0.15) is 0 Å². The van der Waals surface area contributed by atoms with Crippen LogP contribution in [0.3, 0.4) is 0 Å². The summed E-state index contributed by atoms with van der Waals surface area (Å²) in [5.74, 6) is -1.14. The zero-order chi connectivity index (χ0) is 14.7. The zero-order valence-corrected chi connectivity index (χ0v) is 12.3. The first-order valence-corrected chi connectivity index (χ1v) is 8.30. The third-order valence-electron chi connectivity index (χ3n) is 3.85. The molecule has 9 heteroatoms. The molecule has 0 radical (unpaired) electrons. The maximum Gasteiger partial charge on any atom is 0.353 e. The van der Waals surface area contributed by atoms with Gasteiger partial charge in [0.05, 0.1) is 5.69 Å². The summed E-state index contributed by atoms with van der Waals surface area (Å²) in [6.07, 6.45) is 0.785. The number of hydrogen-bond donors (Lipinski definition) is 2. The van der Waals surface area contributed by atoms with E-state index in [2.05, 4.69) is 4.98 Å². The van der Waals surface area contributed by atoms with Crippen molar-refractivity contribution in [3.05, 3.63) is 23.0 Å². The molecule has 1 amide bonds. The van der Waals surface area contributed by atoms with Gasteiger partial charge >= 0.3 is 5.97 Å². The van der Waals surface area contributed by atoms with Crippen LogP contribution in [0.4, 0.5) is 0 Å². The third-order valence-corrected chi connectivity index (χ3v) is 5.96. The Morgan fingerprint density at radius 3 is 3.05 bits per heavy atom. The molecule has 110 valence electrons. The molecule has 0 saturated carbocycles. The van der Waals surface area contributed by atoms with Gasteiger partial charge in [-0.05, 0) is 0 Å². The van der Waals surface area contributed by atoms with Crippen LogP contribution in [0.2, 0.25) is 0 Å². The van der Waals surface area contributed by atoms with Crippen molar-refractivity contribution in [1.29, 1.82) is 0 Å². The smallest absolute Gasteiger partial charge is 0.353 e. The molecular formula is C12H11N3O4S2. The van der Waals surface area contributed by atoms with Crippen LogP contribution in [-0.4, -0.2) is 47.7 Å². The standard InChI is InChI=1S/C12H11N3O4S2/c16-8(5-3-14-1-2-20-12(14)13-5)7-9(17)15-6(11(18)19)4-21-10(7)15/h3-4,7-8,10,16H,1-2H2,(H,18,19)/t7-,8?,10+/m0/s1. The minimum atomic E-state index is -1.12. The van der Waals surface area contributed by atoms with Gasteiger partial charge in [0.1, 0.15) is 23.1 Å². The highest BCUT2D eigenvalue weighted by atomic mass is 32.2. The van der Waals surface area contributed by atoms with Crippen LogP contribution in [0, 0.1) is 5.92 Å². The van der Waals surface area contributed by atoms with Crippen molar-refractivity contribution in [3.8, 4) is 0 Å². The number of amides is 1. The van der Waals surface area contributed by atoms with E-state index in [-0.39, 0.29) is 17.0 Å². The van der Waals surface area contributed by atoms with Crippen LogP contribution in [0.1, 0.15) is 11.8 Å². The summed E-state index contributed by atoms with van der Waals surface area (Å²) in [6, 6.07) is 0. The number of aliphatic carboxylic acids is 1. The molecule has 1 fully saturated rings. The average Bonchev–Trinajstić information content (AvgIpc) is 3.09. The van der Waals surface area contributed by atoms with Crippen molar-refractivity contribution in [3.63, 3.8) is 0 Å². The summed E-state index contributed by atoms with van der Waals surface area (Å²) in [5.41, 5.74) is 0.473. The molecule has 0 aliphatic carbocycles. The van der Waals surface area contributed by atoms with Crippen molar-refractivity contribution < 1.29 is 19.8 Å². The monoisotopic (exact) mass is 325 g/mol. The summed E-state index contributed by atoms with van der Waals surface area (Å²) in [7, 11) is 0. The number of thioether (sulfide) groups is 2. The molecule has 1 aromatic rings. The van der Waals surface area contributed by atoms with E-state index in [4.69, 9.17) is 5.11 Å². The van der Waals surface area contributed by atoms with Gasteiger partial charge in [0.15, 0.2) is 5.16 Å². The Morgan fingerprint density at radius 2 is 2.33 bits per heavy atom. The molecule has 3 atom stereocenters. The number of rotatable bonds is 3. The van der Waals surface area contributed by atoms with Gasteiger partial charge < -0.3 is 14.8 Å². The van der Waals surface area contributed by atoms with E-state index in [1.54, 1.807) is 18.0 Å². The van der Waals surface area contributed by atoms with Gasteiger partial charge in [-0.25, -0.2) is 9.78 Å². The molecule has 4 rings (SSSR count). The van der Waals surface area contributed by atoms with Crippen molar-refractivity contribution in [2.75, 3.05) is 5.75 Å². The van der Waals surface area contributed by atoms with Crippen LogP contribution in [0.15, 0.2) is 22.5 Å². The Labute approximate surface area is 128 Å². The fourth-order valence-electron chi connectivity index (χ4n) is 2.78. The van der Waals surface area contributed by atoms with E-state index in [1.807, 2.05) is 4.57 Å². The van der Waals surface area contributed by atoms with E-state index in [9.17, 15) is 14.7 Å². The first kappa shape index (κ1) is 13.2. The number of carbonyl (C=O) groups is 2. The fraction of sp³-hybridized carbons (Fsp3) is 0.417. The van der Waals surface area contributed by atoms with Crippen LogP contribution >= 0.6 is 23.5 Å². The molecular weight excluding hydrogens is 314 g/mol. The predicted octanol–water partition coefficient (Wildman–Crippen LogP) is 0.480. The number of carboxylic acid groups (broad SMARTS) is 1. The maximum absolute atomic E-state index is 12.2. The van der Waals surface area contributed by atoms with Gasteiger partial charge in [0.2, 0.25) is 5.91 Å². The lowest BCUT2D eigenvalue weighted by molar-refractivity contribution is -0.157. The number of carboxylic acids is 1. The number of imidazole rings is 1. The second-order valence-electron chi connectivity index (χ2n) is 5.00. The Kier molecular flexibility index (Phi) is 2.85. The quantitative estimate of drug-likeness (QED) is 0.780. The van der Waals surface area contributed by atoms with E-state index in [0.717, 1.165) is 17.5 Å². The van der Waals surface area contributed by atoms with Crippen molar-refractivity contribution in [2.24, 2.45) is 5.92 Å². The topological polar surface area (TPSA) is 95.7 Å². The number of nitrogens with zero attached hydrogens (tertiary/aromatic N) is 3. The Balaban J connectivity index is 1.56. The molecule has 0 bridgehead atoms. The lowest BCUT2D eigenvalue weighted by Gasteiger charge is -2.44. The normalized spacial score (nSPS) is 28.0. The van der Waals surface area contributed by atoms with E-state index < -0.39 is 18.0 Å². The van der Waals surface area contributed by atoms with Crippen LogP contribution in [-0.2, 0) is 16.1 Å². The van der Waals surface area contributed by atoms with E-state index in [1.165, 1.54) is 22.1 Å². The number of carbonyl (C=O) groups excluding carboxylic acids is 1. The number of aliphatic hydroxyl groups excluding tert-OH is 1. The summed E-state index contributed by atoms with van der Waals surface area (Å²) in [6.45, 7) is 0.855. The van der Waals surface area contributed by atoms with Gasteiger partial charge in [-0.1, -0.05) is 11.8 Å². The van der Waals surface area contributed by atoms with Crippen molar-refractivity contribution >= 4 is 35.4 Å². The first-order valence-electron chi connectivity index (χ1n) is 6.38. The molecule has 1 unspecified atom stereocenters. The molecule has 0 aromatic carbocycles. The van der Waals surface area contributed by atoms with Gasteiger partial charge in [-0.15, -0.1) is 11.8 Å². The van der Waals surface area contributed by atoms with Crippen molar-refractivity contribution in [2.45, 2.75) is 23.2 Å². The summed E-state index contributed by atoms with van der Waals surface area (Å²) < 4.78 is 1.97. The minimum absolute atomic E-state index is 0.0126. The Bertz CT molecular complexity index is 665. The Morgan fingerprint density at radius 1 is 1.52 bits per heavy atom. The summed E-state index contributed by atoms with van der Waals surface area (Å²) >= 11 is 2.88. The predicted molar refractivity (Wildman–Crippen MR) is 75.3 cm³/mol. The fourth-order valence-corrected chi connectivity index (χ4v) is 4.99. The molecule has 1 aromatic heterocycles. The maximum atomic E-state index is 12.2. The number of fused-ring (bicyclic) bond motifs is 2. The Hall–Kier alpha value is -1.45. The largest absolute Gasteiger partial charge is 0.477 e. The molecule has 0 spiro atoms. The number of aromatic nitrogens is 2. The summed E-state index contributed by atoms with van der Waals surface area (Å²) in [5, 5.41) is 21.4. The molecule has 2 N–H and O–H groups in total. The first-order chi connectivity index (χ1) is 10.1. The van der Waals surface area contributed by atoms with E-state index >= 15 is 0 Å². The molecule has 3 aliphatic rings. The van der Waals surface area contributed by atoms with E-state index in [0.29, 0.717) is 5.69 Å². The number of hydrogen-bond acceptors (Lipinski definition) is 6. The SMILES string of the molecule is O=C(O)C1=CS[C@@H]2[C@@H](C(O)c3cn4c(n3)SCC4)C(=O)N12. The van der Waals surface area contributed by atoms with Crippen LogP contribution in [0.25, 0.3) is 0 Å². The molecule has 1 saturated heterocycles. The number of aliphatic hydroxyl groups is 1. The molecule has 3 aliphatic heterocycles. The van der Waals surface area contributed by atoms with Gasteiger partial charge in [-0.3, -0.25) is 9.69 Å². The lowest BCUT2D eigenvalue weighted by atomic mass is 9.90. The lowest BCUT2D eigenvalue weighted by Crippen LogP contribution is -2.59. The summed E-state index contributed by atoms with van der Waals surface area (Å²) in [4.78, 5) is 28.8. The second kappa shape index (κ2) is 4.52. The highest BCUT2D eigenvalue weighted by molar-refractivity contribution is 8.03. The zero-order valence-electron chi connectivity index (χ0n) is 10.7. The highest BCUT2D eigenvalue weighted by Crippen LogP contribution is 2.49. The average molecular weight is 325 g/mol. The van der Waals surface area contributed by atoms with Gasteiger partial charge in [0, 0.05) is 23.9 Å². The molecule has 21 heavy (non-hydrogen) atoms. The molecule has 7 nitrogen and oxygen atoms in total. The highest BCUT2D eigenvalue weighted by Gasteiger charge is 2.57. The minimum Gasteiger partial charge on any atom is -0.477 e. The third kappa shape index (κ3) is 1.77. The van der Waals surface area contributed by atoms with Crippen molar-refractivity contribution in [1.82, 2.24) is 14.5 Å². The molecule has 4 heterocycles. The number of β-lactam (4-membered cyclic amide) rings is 1. The number of aryl methyl sites for hydroxylation is 1. The van der Waals surface area contributed by atoms with Crippen LogP contribution in [0.5, 0.6) is 0 Å².